The molecule has 3 aromatic carbocycles. The van der Waals surface area contributed by atoms with Gasteiger partial charge in [-0.2, -0.15) is 4.98 Å². The maximum atomic E-state index is 12.9. The minimum atomic E-state index is -0.403. The lowest BCUT2D eigenvalue weighted by Gasteiger charge is -2.16. The number of anilines is 1. The molecule has 1 aliphatic rings. The Hall–Kier alpha value is -4.46. The second kappa shape index (κ2) is 9.80. The van der Waals surface area contributed by atoms with Gasteiger partial charge in [0, 0.05) is 36.3 Å². The Balaban J connectivity index is 1.24. The number of carbonyl (C=O) groups excluding carboxylic acids is 2. The van der Waals surface area contributed by atoms with Crippen LogP contribution in [0.1, 0.15) is 12.0 Å². The Kier molecular flexibility index (Phi) is 6.26. The lowest BCUT2D eigenvalue weighted by Crippen LogP contribution is -2.28. The number of nitrogens with zero attached hydrogens (tertiary/aromatic N) is 3. The zero-order valence-corrected chi connectivity index (χ0v) is 19.2. The van der Waals surface area contributed by atoms with Gasteiger partial charge in [-0.1, -0.05) is 41.6 Å². The van der Waals surface area contributed by atoms with Gasteiger partial charge in [0.2, 0.25) is 17.6 Å². The Morgan fingerprint density at radius 2 is 1.86 bits per heavy atom. The number of ether oxygens (including phenoxy) is 1. The minimum absolute atomic E-state index is 0.0142. The molecule has 4 aromatic rings. The predicted octanol–water partition coefficient (Wildman–Crippen LogP) is 4.40. The lowest BCUT2D eigenvalue weighted by molar-refractivity contribution is -0.128. The van der Waals surface area contributed by atoms with E-state index < -0.39 is 5.92 Å². The van der Waals surface area contributed by atoms with E-state index in [0.717, 1.165) is 16.9 Å². The van der Waals surface area contributed by atoms with Crippen LogP contribution in [0.15, 0.2) is 83.4 Å². The zero-order chi connectivity index (χ0) is 24.2. The number of methoxy groups -OCH3 is 1. The van der Waals surface area contributed by atoms with E-state index in [-0.39, 0.29) is 18.2 Å². The van der Waals surface area contributed by atoms with E-state index in [2.05, 4.69) is 15.5 Å². The molecule has 8 heteroatoms. The van der Waals surface area contributed by atoms with E-state index in [0.29, 0.717) is 36.1 Å². The number of hydrogen-bond acceptors (Lipinski definition) is 6. The van der Waals surface area contributed by atoms with Gasteiger partial charge in [-0.25, -0.2) is 0 Å². The van der Waals surface area contributed by atoms with Crippen LogP contribution in [0, 0.1) is 5.92 Å². The highest BCUT2D eigenvalue weighted by Gasteiger charge is 2.34. The fourth-order valence-corrected chi connectivity index (χ4v) is 4.08. The van der Waals surface area contributed by atoms with Crippen LogP contribution in [0.2, 0.25) is 0 Å². The number of benzene rings is 3. The number of likely N-dealkylation sites (tertiary alicyclic amines) is 1. The third-order valence-corrected chi connectivity index (χ3v) is 5.95. The first kappa shape index (κ1) is 22.3. The molecule has 0 bridgehead atoms. The Labute approximate surface area is 202 Å². The first-order valence-corrected chi connectivity index (χ1v) is 11.3. The van der Waals surface area contributed by atoms with E-state index in [1.54, 1.807) is 24.1 Å². The van der Waals surface area contributed by atoms with E-state index in [4.69, 9.17) is 9.26 Å². The molecule has 1 atom stereocenters. The largest absolute Gasteiger partial charge is 0.497 e. The van der Waals surface area contributed by atoms with Crippen molar-refractivity contribution in [3.05, 3.63) is 84.4 Å². The second-order valence-corrected chi connectivity index (χ2v) is 8.38. The van der Waals surface area contributed by atoms with Crippen molar-refractivity contribution >= 4 is 17.5 Å². The Morgan fingerprint density at radius 3 is 2.63 bits per heavy atom. The summed E-state index contributed by atoms with van der Waals surface area (Å²) >= 11 is 0. The lowest BCUT2D eigenvalue weighted by atomic mass is 10.1. The quantitative estimate of drug-likeness (QED) is 0.432. The number of carbonyl (C=O) groups is 2. The highest BCUT2D eigenvalue weighted by molar-refractivity contribution is 5.97. The van der Waals surface area contributed by atoms with Gasteiger partial charge in [0.05, 0.1) is 13.0 Å². The molecule has 1 aliphatic heterocycles. The molecule has 2 amide bonds. The molecular weight excluding hydrogens is 444 g/mol. The smallest absolute Gasteiger partial charge is 0.258 e. The summed E-state index contributed by atoms with van der Waals surface area (Å²) in [6, 6.07) is 24.4. The maximum absolute atomic E-state index is 12.9. The van der Waals surface area contributed by atoms with Gasteiger partial charge in [-0.3, -0.25) is 9.59 Å². The summed E-state index contributed by atoms with van der Waals surface area (Å²) in [4.78, 5) is 31.6. The first-order valence-electron chi connectivity index (χ1n) is 11.3. The summed E-state index contributed by atoms with van der Waals surface area (Å²) in [7, 11) is 1.61. The molecule has 8 nitrogen and oxygen atoms in total. The fourth-order valence-electron chi connectivity index (χ4n) is 4.08. The molecule has 1 fully saturated rings. The molecule has 1 aromatic heterocycles. The van der Waals surface area contributed by atoms with Gasteiger partial charge in [0.1, 0.15) is 5.75 Å². The Morgan fingerprint density at radius 1 is 1.06 bits per heavy atom. The molecule has 5 rings (SSSR count). The van der Waals surface area contributed by atoms with E-state index in [1.165, 1.54) is 0 Å². The van der Waals surface area contributed by atoms with Crippen molar-refractivity contribution in [1.29, 1.82) is 0 Å². The maximum Gasteiger partial charge on any atom is 0.258 e. The molecule has 2 heterocycles. The number of hydrogen-bond donors (Lipinski definition) is 1. The van der Waals surface area contributed by atoms with Crippen LogP contribution in [0.3, 0.4) is 0 Å². The molecule has 0 saturated carbocycles. The van der Waals surface area contributed by atoms with Crippen LogP contribution in [-0.2, 0) is 16.1 Å². The molecule has 1 N–H and O–H groups in total. The number of nitrogens with one attached hydrogen (secondary N) is 1. The number of amides is 2. The third-order valence-electron chi connectivity index (χ3n) is 5.95. The molecule has 0 aliphatic carbocycles. The van der Waals surface area contributed by atoms with E-state index >= 15 is 0 Å². The van der Waals surface area contributed by atoms with Crippen molar-refractivity contribution in [2.24, 2.45) is 5.92 Å². The van der Waals surface area contributed by atoms with Crippen molar-refractivity contribution < 1.29 is 18.8 Å². The van der Waals surface area contributed by atoms with Gasteiger partial charge in [0.15, 0.2) is 0 Å². The first-order chi connectivity index (χ1) is 17.1. The summed E-state index contributed by atoms with van der Waals surface area (Å²) in [6.45, 7) is 0.904. The number of aromatic nitrogens is 2. The predicted molar refractivity (Wildman–Crippen MR) is 130 cm³/mol. The normalized spacial score (nSPS) is 15.3. The van der Waals surface area contributed by atoms with Gasteiger partial charge in [-0.05, 0) is 48.0 Å². The van der Waals surface area contributed by atoms with Gasteiger partial charge in [-0.15, -0.1) is 0 Å². The molecule has 0 spiro atoms. The zero-order valence-electron chi connectivity index (χ0n) is 19.2. The topological polar surface area (TPSA) is 97.6 Å². The average molecular weight is 469 g/mol. The van der Waals surface area contributed by atoms with Crippen LogP contribution in [0.4, 0.5) is 5.69 Å². The summed E-state index contributed by atoms with van der Waals surface area (Å²) in [5.41, 5.74) is 3.13. The minimum Gasteiger partial charge on any atom is -0.497 e. The summed E-state index contributed by atoms with van der Waals surface area (Å²) in [6.07, 6.45) is 0.202. The van der Waals surface area contributed by atoms with Crippen molar-refractivity contribution in [2.45, 2.75) is 13.0 Å². The molecule has 1 saturated heterocycles. The average Bonchev–Trinajstić information content (AvgIpc) is 3.52. The molecule has 35 heavy (non-hydrogen) atoms. The summed E-state index contributed by atoms with van der Waals surface area (Å²) in [5, 5.41) is 6.99. The van der Waals surface area contributed by atoms with Crippen LogP contribution < -0.4 is 10.1 Å². The highest BCUT2D eigenvalue weighted by atomic mass is 16.5. The van der Waals surface area contributed by atoms with Crippen LogP contribution in [-0.4, -0.2) is 40.5 Å². The van der Waals surface area contributed by atoms with Crippen molar-refractivity contribution in [1.82, 2.24) is 15.0 Å². The second-order valence-electron chi connectivity index (χ2n) is 8.38. The molecule has 0 unspecified atom stereocenters. The third kappa shape index (κ3) is 5.06. The SMILES string of the molecule is COc1ccc(-c2noc(-c3cccc(NC(=O)[C@H]4CC(=O)N(Cc5ccccc5)C4)c3)n2)cc1. The molecule has 176 valence electrons. The van der Waals surface area contributed by atoms with Crippen LogP contribution in [0.5, 0.6) is 5.75 Å². The monoisotopic (exact) mass is 468 g/mol. The van der Waals surface area contributed by atoms with E-state index in [9.17, 15) is 9.59 Å². The van der Waals surface area contributed by atoms with Crippen molar-refractivity contribution in [3.8, 4) is 28.6 Å². The van der Waals surface area contributed by atoms with Gasteiger partial charge in [0.25, 0.3) is 5.89 Å². The van der Waals surface area contributed by atoms with Crippen molar-refractivity contribution in [2.75, 3.05) is 19.0 Å². The highest BCUT2D eigenvalue weighted by Crippen LogP contribution is 2.27. The van der Waals surface area contributed by atoms with Crippen LogP contribution >= 0.6 is 0 Å². The standard InChI is InChI=1S/C27H24N4O4/c1-34-23-12-10-19(11-13-23)25-29-27(35-30-25)20-8-5-9-22(14-20)28-26(33)21-15-24(32)31(17-21)16-18-6-3-2-4-7-18/h2-14,21H,15-17H2,1H3,(H,28,33)/t21-/m0/s1. The van der Waals surface area contributed by atoms with E-state index in [1.807, 2.05) is 66.7 Å². The Bertz CT molecular complexity index is 1330. The van der Waals surface area contributed by atoms with Crippen LogP contribution in [0.25, 0.3) is 22.8 Å². The fraction of sp³-hybridized carbons (Fsp3) is 0.185. The van der Waals surface area contributed by atoms with Gasteiger partial charge < -0.3 is 19.5 Å². The van der Waals surface area contributed by atoms with Crippen molar-refractivity contribution in [3.63, 3.8) is 0 Å². The number of rotatable bonds is 7. The van der Waals surface area contributed by atoms with Gasteiger partial charge >= 0.3 is 0 Å². The molecule has 0 radical (unpaired) electrons. The summed E-state index contributed by atoms with van der Waals surface area (Å²) in [5.74, 6) is 0.945. The summed E-state index contributed by atoms with van der Waals surface area (Å²) < 4.78 is 10.6. The molecular formula is C27H24N4O4.